The fourth-order valence-electron chi connectivity index (χ4n) is 1.69. The molecule has 108 valence electrons. The Morgan fingerprint density at radius 3 is 2.89 bits per heavy atom. The quantitative estimate of drug-likeness (QED) is 0.517. The molecule has 1 heterocycles. The molecule has 1 unspecified atom stereocenters. The number of methoxy groups -OCH3 is 1. The van der Waals surface area contributed by atoms with E-state index in [1.54, 1.807) is 13.3 Å². The fourth-order valence-corrected chi connectivity index (χ4v) is 1.69. The monoisotopic (exact) mass is 269 g/mol. The first-order valence-electron chi connectivity index (χ1n) is 6.50. The Morgan fingerprint density at radius 1 is 1.32 bits per heavy atom. The molecule has 0 radical (unpaired) electrons. The van der Waals surface area contributed by atoms with Crippen LogP contribution in [0.1, 0.15) is 18.9 Å². The van der Waals surface area contributed by atoms with Crippen molar-refractivity contribution in [1.29, 1.82) is 0 Å². The van der Waals surface area contributed by atoms with Crippen LogP contribution in [0.4, 0.5) is 0 Å². The first-order chi connectivity index (χ1) is 9.26. The van der Waals surface area contributed by atoms with Crippen LogP contribution in [-0.4, -0.2) is 43.8 Å². The second-order valence-electron chi connectivity index (χ2n) is 4.51. The highest BCUT2D eigenvalue weighted by Crippen LogP contribution is 2.16. The van der Waals surface area contributed by atoms with Crippen LogP contribution in [-0.2, 0) is 15.9 Å². The molecule has 0 bridgehead atoms. The zero-order chi connectivity index (χ0) is 13.9. The molecule has 5 heteroatoms. The van der Waals surface area contributed by atoms with E-state index < -0.39 is 0 Å². The lowest BCUT2D eigenvalue weighted by Gasteiger charge is -2.11. The highest BCUT2D eigenvalue weighted by Gasteiger charge is 2.05. The van der Waals surface area contributed by atoms with Crippen molar-refractivity contribution in [2.45, 2.75) is 19.8 Å². The number of aromatic nitrogens is 1. The third-order valence-electron chi connectivity index (χ3n) is 2.72. The molecule has 0 amide bonds. The normalized spacial score (nSPS) is 12.4. The van der Waals surface area contributed by atoms with E-state index in [-0.39, 0.29) is 13.4 Å². The van der Waals surface area contributed by atoms with Gasteiger partial charge in [-0.05, 0) is 30.4 Å². The van der Waals surface area contributed by atoms with Crippen molar-refractivity contribution in [2.24, 2.45) is 5.92 Å². The Morgan fingerprint density at radius 2 is 2.16 bits per heavy atom. The van der Waals surface area contributed by atoms with E-state index in [0.717, 1.165) is 18.4 Å². The van der Waals surface area contributed by atoms with Gasteiger partial charge in [0.05, 0.1) is 19.4 Å². The number of aliphatic hydroxyl groups is 1. The lowest BCUT2D eigenvalue weighted by molar-refractivity contribution is -0.00865. The summed E-state index contributed by atoms with van der Waals surface area (Å²) in [4.78, 5) is 4.15. The van der Waals surface area contributed by atoms with Crippen molar-refractivity contribution in [2.75, 3.05) is 33.7 Å². The maximum atomic E-state index is 8.89. The second-order valence-corrected chi connectivity index (χ2v) is 4.51. The SMILES string of the molecule is COCCOCOc1cncc(CC(C)CCO)c1. The highest BCUT2D eigenvalue weighted by molar-refractivity contribution is 5.23. The number of nitrogens with zero attached hydrogens (tertiary/aromatic N) is 1. The summed E-state index contributed by atoms with van der Waals surface area (Å²) in [5.41, 5.74) is 1.11. The summed E-state index contributed by atoms with van der Waals surface area (Å²) in [5, 5.41) is 8.89. The molecular formula is C14H23NO4. The van der Waals surface area contributed by atoms with E-state index >= 15 is 0 Å². The first-order valence-corrected chi connectivity index (χ1v) is 6.50. The Labute approximate surface area is 114 Å². The smallest absolute Gasteiger partial charge is 0.189 e. The molecule has 0 spiro atoms. The van der Waals surface area contributed by atoms with Gasteiger partial charge in [0.1, 0.15) is 5.75 Å². The van der Waals surface area contributed by atoms with E-state index in [9.17, 15) is 0 Å². The number of ether oxygens (including phenoxy) is 3. The van der Waals surface area contributed by atoms with Crippen molar-refractivity contribution in [3.8, 4) is 5.75 Å². The summed E-state index contributed by atoms with van der Waals surface area (Å²) in [7, 11) is 1.63. The molecule has 1 N–H and O–H groups in total. The van der Waals surface area contributed by atoms with Gasteiger partial charge >= 0.3 is 0 Å². The molecule has 0 saturated heterocycles. The van der Waals surface area contributed by atoms with Crippen LogP contribution >= 0.6 is 0 Å². The molecule has 0 aliphatic carbocycles. The Hall–Kier alpha value is -1.17. The average molecular weight is 269 g/mol. The third-order valence-corrected chi connectivity index (χ3v) is 2.72. The lowest BCUT2D eigenvalue weighted by Crippen LogP contribution is -2.08. The summed E-state index contributed by atoms with van der Waals surface area (Å²) in [6.07, 6.45) is 5.17. The number of rotatable bonds is 10. The standard InChI is InChI=1S/C14H23NO4/c1-12(3-4-16)7-13-8-14(10-15-9-13)19-11-18-6-5-17-2/h8-10,12,16H,3-7,11H2,1-2H3. The van der Waals surface area contributed by atoms with E-state index in [1.165, 1.54) is 0 Å². The number of pyridine rings is 1. The average Bonchev–Trinajstić information content (AvgIpc) is 2.39. The predicted molar refractivity (Wildman–Crippen MR) is 72.1 cm³/mol. The molecular weight excluding hydrogens is 246 g/mol. The maximum absolute atomic E-state index is 8.89. The molecule has 0 aliphatic heterocycles. The van der Waals surface area contributed by atoms with E-state index in [2.05, 4.69) is 11.9 Å². The van der Waals surface area contributed by atoms with Crippen LogP contribution in [0.3, 0.4) is 0 Å². The van der Waals surface area contributed by atoms with Crippen LogP contribution < -0.4 is 4.74 Å². The summed E-state index contributed by atoms with van der Waals surface area (Å²) in [6, 6.07) is 1.96. The van der Waals surface area contributed by atoms with Crippen LogP contribution in [0.15, 0.2) is 18.5 Å². The number of hydrogen-bond acceptors (Lipinski definition) is 5. The molecule has 1 aromatic heterocycles. The van der Waals surface area contributed by atoms with Gasteiger partial charge < -0.3 is 19.3 Å². The highest BCUT2D eigenvalue weighted by atomic mass is 16.7. The van der Waals surface area contributed by atoms with Gasteiger partial charge in [0, 0.05) is 19.9 Å². The van der Waals surface area contributed by atoms with Gasteiger partial charge in [-0.3, -0.25) is 4.98 Å². The third kappa shape index (κ3) is 7.10. The van der Waals surface area contributed by atoms with E-state index in [0.29, 0.717) is 24.9 Å². The van der Waals surface area contributed by atoms with Crippen molar-refractivity contribution in [3.63, 3.8) is 0 Å². The van der Waals surface area contributed by atoms with Gasteiger partial charge in [-0.15, -0.1) is 0 Å². The van der Waals surface area contributed by atoms with E-state index in [1.807, 2.05) is 12.3 Å². The molecule has 19 heavy (non-hydrogen) atoms. The summed E-state index contributed by atoms with van der Waals surface area (Å²) >= 11 is 0. The molecule has 0 saturated carbocycles. The van der Waals surface area contributed by atoms with Crippen molar-refractivity contribution >= 4 is 0 Å². The molecule has 1 rings (SSSR count). The zero-order valence-corrected chi connectivity index (χ0v) is 11.7. The minimum Gasteiger partial charge on any atom is -0.466 e. The van der Waals surface area contributed by atoms with Gasteiger partial charge in [0.15, 0.2) is 6.79 Å². The second kappa shape index (κ2) is 9.72. The zero-order valence-electron chi connectivity index (χ0n) is 11.7. The summed E-state index contributed by atoms with van der Waals surface area (Å²) in [6.45, 7) is 3.59. The number of aliphatic hydroxyl groups excluding tert-OH is 1. The molecule has 0 aliphatic rings. The van der Waals surface area contributed by atoms with Crippen molar-refractivity contribution < 1.29 is 19.3 Å². The van der Waals surface area contributed by atoms with Gasteiger partial charge in [-0.1, -0.05) is 6.92 Å². The minimum absolute atomic E-state index is 0.195. The Balaban J connectivity index is 2.34. The van der Waals surface area contributed by atoms with Gasteiger partial charge in [0.25, 0.3) is 0 Å². The molecule has 5 nitrogen and oxygen atoms in total. The molecule has 1 atom stereocenters. The summed E-state index contributed by atoms with van der Waals surface area (Å²) < 4.78 is 15.5. The lowest BCUT2D eigenvalue weighted by atomic mass is 10.00. The molecule has 0 fully saturated rings. The van der Waals surface area contributed by atoms with Gasteiger partial charge in [-0.25, -0.2) is 0 Å². The van der Waals surface area contributed by atoms with Gasteiger partial charge in [0.2, 0.25) is 0 Å². The topological polar surface area (TPSA) is 60.8 Å². The van der Waals surface area contributed by atoms with Crippen molar-refractivity contribution in [1.82, 2.24) is 4.98 Å². The van der Waals surface area contributed by atoms with Crippen LogP contribution in [0.25, 0.3) is 0 Å². The first kappa shape index (κ1) is 15.9. The molecule has 1 aromatic rings. The van der Waals surface area contributed by atoms with Crippen LogP contribution in [0, 0.1) is 5.92 Å². The summed E-state index contributed by atoms with van der Waals surface area (Å²) in [5.74, 6) is 1.13. The molecule has 0 aromatic carbocycles. The largest absolute Gasteiger partial charge is 0.466 e. The Bertz CT molecular complexity index is 346. The minimum atomic E-state index is 0.195. The predicted octanol–water partition coefficient (Wildman–Crippen LogP) is 1.64. The number of hydrogen-bond donors (Lipinski definition) is 1. The van der Waals surface area contributed by atoms with Crippen LogP contribution in [0.2, 0.25) is 0 Å². The van der Waals surface area contributed by atoms with Gasteiger partial charge in [-0.2, -0.15) is 0 Å². The fraction of sp³-hybridized carbons (Fsp3) is 0.643. The van der Waals surface area contributed by atoms with Crippen molar-refractivity contribution in [3.05, 3.63) is 24.0 Å². The van der Waals surface area contributed by atoms with Crippen LogP contribution in [0.5, 0.6) is 5.75 Å². The van der Waals surface area contributed by atoms with E-state index in [4.69, 9.17) is 19.3 Å². The Kier molecular flexibility index (Phi) is 8.13. The maximum Gasteiger partial charge on any atom is 0.189 e.